The Morgan fingerprint density at radius 3 is 2.06 bits per heavy atom. The summed E-state index contributed by atoms with van der Waals surface area (Å²) in [5, 5.41) is 3.70. The van der Waals surface area contributed by atoms with E-state index in [1.165, 1.54) is 77.7 Å². The maximum Gasteiger partial charge on any atom is 0.00499 e. The smallest absolute Gasteiger partial charge is 0.00499 e. The Hall–Kier alpha value is -0.0800. The SMILES string of the molecule is CCCNCC1(CN(CC)CC)CCCCCC1. The first-order valence-corrected chi connectivity index (χ1v) is 8.19. The summed E-state index contributed by atoms with van der Waals surface area (Å²) in [5.74, 6) is 0. The highest BCUT2D eigenvalue weighted by Gasteiger charge is 2.31. The fourth-order valence-electron chi connectivity index (χ4n) is 3.32. The maximum atomic E-state index is 3.70. The summed E-state index contributed by atoms with van der Waals surface area (Å²) in [6.45, 7) is 13.0. The largest absolute Gasteiger partial charge is 0.316 e. The molecule has 0 atom stereocenters. The highest BCUT2D eigenvalue weighted by molar-refractivity contribution is 4.86. The van der Waals surface area contributed by atoms with E-state index in [0.29, 0.717) is 5.41 Å². The quantitative estimate of drug-likeness (QED) is 0.525. The third-order valence-electron chi connectivity index (χ3n) is 4.54. The minimum atomic E-state index is 0.553. The minimum absolute atomic E-state index is 0.553. The molecule has 0 aromatic heterocycles. The summed E-state index contributed by atoms with van der Waals surface area (Å²) in [6, 6.07) is 0. The fourth-order valence-corrected chi connectivity index (χ4v) is 3.32. The molecule has 0 bridgehead atoms. The van der Waals surface area contributed by atoms with Gasteiger partial charge < -0.3 is 10.2 Å². The molecule has 1 aliphatic rings. The van der Waals surface area contributed by atoms with Crippen molar-refractivity contribution in [2.45, 2.75) is 65.7 Å². The van der Waals surface area contributed by atoms with Crippen LogP contribution in [-0.2, 0) is 0 Å². The van der Waals surface area contributed by atoms with Crippen LogP contribution in [-0.4, -0.2) is 37.6 Å². The summed E-state index contributed by atoms with van der Waals surface area (Å²) in [7, 11) is 0. The van der Waals surface area contributed by atoms with Gasteiger partial charge in [0.25, 0.3) is 0 Å². The highest BCUT2D eigenvalue weighted by Crippen LogP contribution is 2.35. The van der Waals surface area contributed by atoms with Crippen molar-refractivity contribution in [3.8, 4) is 0 Å². The predicted octanol–water partition coefficient (Wildman–Crippen LogP) is 3.67. The number of nitrogens with one attached hydrogen (secondary N) is 1. The van der Waals surface area contributed by atoms with Crippen molar-refractivity contribution in [2.75, 3.05) is 32.7 Å². The molecule has 2 heteroatoms. The molecular weight excluding hydrogens is 220 g/mol. The third kappa shape index (κ3) is 5.27. The van der Waals surface area contributed by atoms with Crippen LogP contribution in [0.3, 0.4) is 0 Å². The third-order valence-corrected chi connectivity index (χ3v) is 4.54. The van der Waals surface area contributed by atoms with Crippen molar-refractivity contribution in [3.05, 3.63) is 0 Å². The number of hydrogen-bond acceptors (Lipinski definition) is 2. The van der Waals surface area contributed by atoms with E-state index in [2.05, 4.69) is 31.0 Å². The van der Waals surface area contributed by atoms with Crippen molar-refractivity contribution in [2.24, 2.45) is 5.41 Å². The molecule has 0 amide bonds. The zero-order chi connectivity index (χ0) is 13.3. The molecule has 0 aromatic rings. The Bertz CT molecular complexity index is 191. The lowest BCUT2D eigenvalue weighted by molar-refractivity contribution is 0.135. The first kappa shape index (κ1) is 16.0. The van der Waals surface area contributed by atoms with Crippen LogP contribution in [0, 0.1) is 5.41 Å². The monoisotopic (exact) mass is 254 g/mol. The van der Waals surface area contributed by atoms with Gasteiger partial charge in [-0.05, 0) is 44.3 Å². The van der Waals surface area contributed by atoms with Gasteiger partial charge in [0, 0.05) is 13.1 Å². The van der Waals surface area contributed by atoms with Gasteiger partial charge in [-0.3, -0.25) is 0 Å². The number of nitrogens with zero attached hydrogens (tertiary/aromatic N) is 1. The molecule has 1 fully saturated rings. The molecule has 18 heavy (non-hydrogen) atoms. The van der Waals surface area contributed by atoms with E-state index in [4.69, 9.17) is 0 Å². The van der Waals surface area contributed by atoms with Crippen LogP contribution in [0.4, 0.5) is 0 Å². The molecule has 0 unspecified atom stereocenters. The van der Waals surface area contributed by atoms with E-state index < -0.39 is 0 Å². The Morgan fingerprint density at radius 2 is 1.56 bits per heavy atom. The Labute approximate surface area is 115 Å². The summed E-state index contributed by atoms with van der Waals surface area (Å²) in [4.78, 5) is 2.62. The van der Waals surface area contributed by atoms with Crippen LogP contribution >= 0.6 is 0 Å². The van der Waals surface area contributed by atoms with Crippen molar-refractivity contribution < 1.29 is 0 Å². The first-order chi connectivity index (χ1) is 8.76. The zero-order valence-electron chi connectivity index (χ0n) is 12.9. The highest BCUT2D eigenvalue weighted by atomic mass is 15.1. The summed E-state index contributed by atoms with van der Waals surface area (Å²) in [6.07, 6.45) is 9.90. The molecule has 0 aliphatic heterocycles. The van der Waals surface area contributed by atoms with Gasteiger partial charge in [-0.15, -0.1) is 0 Å². The molecule has 108 valence electrons. The molecule has 0 aromatic carbocycles. The van der Waals surface area contributed by atoms with Crippen molar-refractivity contribution in [1.82, 2.24) is 10.2 Å². The second-order valence-electron chi connectivity index (χ2n) is 6.05. The molecular formula is C16H34N2. The maximum absolute atomic E-state index is 3.70. The van der Waals surface area contributed by atoms with E-state index in [9.17, 15) is 0 Å². The molecule has 1 saturated carbocycles. The standard InChI is InChI=1S/C16H34N2/c1-4-13-17-14-16(15-18(5-2)6-3)11-9-7-8-10-12-16/h17H,4-15H2,1-3H3. The lowest BCUT2D eigenvalue weighted by atomic mass is 9.79. The van der Waals surface area contributed by atoms with Gasteiger partial charge >= 0.3 is 0 Å². The Morgan fingerprint density at radius 1 is 0.944 bits per heavy atom. The summed E-state index contributed by atoms with van der Waals surface area (Å²) in [5.41, 5.74) is 0.553. The topological polar surface area (TPSA) is 15.3 Å². The van der Waals surface area contributed by atoms with Gasteiger partial charge in [0.15, 0.2) is 0 Å². The van der Waals surface area contributed by atoms with Crippen molar-refractivity contribution in [1.29, 1.82) is 0 Å². The van der Waals surface area contributed by atoms with E-state index in [1.54, 1.807) is 0 Å². The average molecular weight is 254 g/mol. The molecule has 0 heterocycles. The second-order valence-corrected chi connectivity index (χ2v) is 6.05. The summed E-state index contributed by atoms with van der Waals surface area (Å²) >= 11 is 0. The van der Waals surface area contributed by atoms with Gasteiger partial charge in [-0.25, -0.2) is 0 Å². The zero-order valence-corrected chi connectivity index (χ0v) is 12.9. The van der Waals surface area contributed by atoms with Crippen molar-refractivity contribution >= 4 is 0 Å². The van der Waals surface area contributed by atoms with Crippen molar-refractivity contribution in [3.63, 3.8) is 0 Å². The van der Waals surface area contributed by atoms with Crippen LogP contribution in [0.25, 0.3) is 0 Å². The fraction of sp³-hybridized carbons (Fsp3) is 1.00. The molecule has 1 rings (SSSR count). The molecule has 0 radical (unpaired) electrons. The van der Waals surface area contributed by atoms with Gasteiger partial charge in [0.2, 0.25) is 0 Å². The van der Waals surface area contributed by atoms with E-state index in [1.807, 2.05) is 0 Å². The van der Waals surface area contributed by atoms with Crippen LogP contribution in [0.2, 0.25) is 0 Å². The van der Waals surface area contributed by atoms with E-state index in [-0.39, 0.29) is 0 Å². The predicted molar refractivity (Wildman–Crippen MR) is 81.1 cm³/mol. The van der Waals surface area contributed by atoms with Gasteiger partial charge in [0.05, 0.1) is 0 Å². The van der Waals surface area contributed by atoms with Crippen LogP contribution < -0.4 is 5.32 Å². The molecule has 2 nitrogen and oxygen atoms in total. The normalized spacial score (nSPS) is 20.0. The lowest BCUT2D eigenvalue weighted by Gasteiger charge is -2.38. The van der Waals surface area contributed by atoms with Crippen LogP contribution in [0.5, 0.6) is 0 Å². The molecule has 1 N–H and O–H groups in total. The molecule has 0 spiro atoms. The number of hydrogen-bond donors (Lipinski definition) is 1. The average Bonchev–Trinajstić information content (AvgIpc) is 2.62. The van der Waals surface area contributed by atoms with Gasteiger partial charge in [-0.1, -0.05) is 46.5 Å². The van der Waals surface area contributed by atoms with Crippen LogP contribution in [0.15, 0.2) is 0 Å². The van der Waals surface area contributed by atoms with Crippen LogP contribution in [0.1, 0.15) is 65.7 Å². The first-order valence-electron chi connectivity index (χ1n) is 8.19. The molecule has 1 aliphatic carbocycles. The summed E-state index contributed by atoms with van der Waals surface area (Å²) < 4.78 is 0. The lowest BCUT2D eigenvalue weighted by Crippen LogP contribution is -2.44. The minimum Gasteiger partial charge on any atom is -0.316 e. The Kier molecular flexibility index (Phi) is 7.92. The van der Waals surface area contributed by atoms with Gasteiger partial charge in [0.1, 0.15) is 0 Å². The second kappa shape index (κ2) is 8.92. The number of rotatable bonds is 8. The van der Waals surface area contributed by atoms with E-state index >= 15 is 0 Å². The van der Waals surface area contributed by atoms with Gasteiger partial charge in [-0.2, -0.15) is 0 Å². The molecule has 0 saturated heterocycles. The Balaban J connectivity index is 2.58. The van der Waals surface area contributed by atoms with E-state index in [0.717, 1.165) is 0 Å².